The second kappa shape index (κ2) is 10.1. The lowest BCUT2D eigenvalue weighted by Gasteiger charge is -2.33. The number of H-pyrrole nitrogens is 1. The smallest absolute Gasteiger partial charge is 0.236 e. The minimum Gasteiger partial charge on any atom is -0.493 e. The molecule has 34 heavy (non-hydrogen) atoms. The Kier molecular flexibility index (Phi) is 7.17. The largest absolute Gasteiger partial charge is 0.493 e. The zero-order valence-corrected chi connectivity index (χ0v) is 21.3. The second-order valence-corrected chi connectivity index (χ2v) is 9.86. The number of rotatable bonds is 7. The van der Waals surface area contributed by atoms with Gasteiger partial charge in [0.25, 0.3) is 0 Å². The number of fused-ring (bicyclic) bond motifs is 1. The van der Waals surface area contributed by atoms with Gasteiger partial charge in [-0.05, 0) is 74.3 Å². The van der Waals surface area contributed by atoms with Gasteiger partial charge in [-0.25, -0.2) is 0 Å². The van der Waals surface area contributed by atoms with E-state index in [1.54, 1.807) is 14.2 Å². The van der Waals surface area contributed by atoms with E-state index in [9.17, 15) is 4.79 Å². The van der Waals surface area contributed by atoms with Crippen molar-refractivity contribution in [1.82, 2.24) is 14.8 Å². The Bertz CT molecular complexity index is 1170. The predicted molar refractivity (Wildman–Crippen MR) is 138 cm³/mol. The fourth-order valence-corrected chi connectivity index (χ4v) is 5.15. The number of aromatic nitrogens is 1. The van der Waals surface area contributed by atoms with Crippen LogP contribution in [-0.4, -0.2) is 68.6 Å². The average molecular weight is 464 g/mol. The third kappa shape index (κ3) is 4.78. The average Bonchev–Trinajstić information content (AvgIpc) is 3.22. The second-order valence-electron chi connectivity index (χ2n) is 9.86. The van der Waals surface area contributed by atoms with Gasteiger partial charge in [-0.1, -0.05) is 19.9 Å². The first-order valence-electron chi connectivity index (χ1n) is 12.1. The molecule has 6 nitrogen and oxygen atoms in total. The monoisotopic (exact) mass is 463 g/mol. The van der Waals surface area contributed by atoms with E-state index >= 15 is 0 Å². The fraction of sp³-hybridized carbons (Fsp3) is 0.464. The number of ether oxygens (including phenoxy) is 2. The van der Waals surface area contributed by atoms with Crippen molar-refractivity contribution in [3.8, 4) is 22.8 Å². The van der Waals surface area contributed by atoms with Crippen LogP contribution in [0.5, 0.6) is 11.5 Å². The third-order valence-electron chi connectivity index (χ3n) is 6.81. The van der Waals surface area contributed by atoms with Crippen molar-refractivity contribution in [2.45, 2.75) is 38.5 Å². The van der Waals surface area contributed by atoms with Crippen molar-refractivity contribution in [3.63, 3.8) is 0 Å². The molecule has 1 fully saturated rings. The quantitative estimate of drug-likeness (QED) is 0.520. The van der Waals surface area contributed by atoms with Gasteiger partial charge in [0.05, 0.1) is 26.5 Å². The molecule has 0 spiro atoms. The summed E-state index contributed by atoms with van der Waals surface area (Å²) in [5.41, 5.74) is 5.95. The molecule has 1 aliphatic heterocycles. The van der Waals surface area contributed by atoms with Gasteiger partial charge in [-0.3, -0.25) is 4.79 Å². The number of hydrogen-bond acceptors (Lipinski definition) is 4. The molecule has 2 aromatic carbocycles. The Labute approximate surface area is 202 Å². The minimum absolute atomic E-state index is 0.219. The van der Waals surface area contributed by atoms with Gasteiger partial charge in [-0.15, -0.1) is 0 Å². The number of nitrogens with one attached hydrogen (secondary N) is 1. The van der Waals surface area contributed by atoms with E-state index in [0.717, 1.165) is 54.2 Å². The highest BCUT2D eigenvalue weighted by Crippen LogP contribution is 2.40. The SMILES string of the molecule is COc1ccc(-c2[nH]c3ccc(C4CCCN(C(=O)CN(C)C)C4)cc3c2C(C)C)cc1OC. The van der Waals surface area contributed by atoms with E-state index < -0.39 is 0 Å². The molecule has 182 valence electrons. The molecule has 0 aliphatic carbocycles. The molecule has 1 atom stereocenters. The van der Waals surface area contributed by atoms with Crippen LogP contribution in [0.3, 0.4) is 0 Å². The molecule has 1 aromatic heterocycles. The zero-order chi connectivity index (χ0) is 24.4. The normalized spacial score (nSPS) is 16.5. The predicted octanol–water partition coefficient (Wildman–Crippen LogP) is 5.24. The summed E-state index contributed by atoms with van der Waals surface area (Å²) in [5, 5.41) is 1.26. The van der Waals surface area contributed by atoms with Crippen LogP contribution >= 0.6 is 0 Å². The maximum Gasteiger partial charge on any atom is 0.236 e. The number of carbonyl (C=O) groups is 1. The summed E-state index contributed by atoms with van der Waals surface area (Å²) < 4.78 is 11.0. The lowest BCUT2D eigenvalue weighted by Crippen LogP contribution is -2.43. The van der Waals surface area contributed by atoms with Gasteiger partial charge >= 0.3 is 0 Å². The van der Waals surface area contributed by atoms with Crippen molar-refractivity contribution in [2.24, 2.45) is 0 Å². The number of methoxy groups -OCH3 is 2. The molecule has 6 heteroatoms. The highest BCUT2D eigenvalue weighted by Gasteiger charge is 2.26. The Morgan fingerprint density at radius 1 is 1.12 bits per heavy atom. The molecule has 4 rings (SSSR count). The summed E-state index contributed by atoms with van der Waals surface area (Å²) >= 11 is 0. The topological polar surface area (TPSA) is 57.8 Å². The number of aromatic amines is 1. The first-order valence-corrected chi connectivity index (χ1v) is 12.1. The van der Waals surface area contributed by atoms with Crippen LogP contribution in [0.1, 0.15) is 49.7 Å². The molecule has 0 saturated carbocycles. The number of nitrogens with zero attached hydrogens (tertiary/aromatic N) is 2. The molecule has 1 saturated heterocycles. The summed E-state index contributed by atoms with van der Waals surface area (Å²) in [6.07, 6.45) is 2.16. The van der Waals surface area contributed by atoms with Gasteiger partial charge in [-0.2, -0.15) is 0 Å². The van der Waals surface area contributed by atoms with Crippen LogP contribution in [-0.2, 0) is 4.79 Å². The summed E-state index contributed by atoms with van der Waals surface area (Å²) in [6, 6.07) is 12.8. The third-order valence-corrected chi connectivity index (χ3v) is 6.81. The highest BCUT2D eigenvalue weighted by molar-refractivity contribution is 5.92. The molecule has 1 N–H and O–H groups in total. The standard InChI is InChI=1S/C28H37N3O3/c1-18(2)27-22-14-19(21-8-7-13-31(16-21)26(32)17-30(3)4)9-11-23(22)29-28(27)20-10-12-24(33-5)25(15-20)34-6/h9-12,14-15,18,21,29H,7-8,13,16-17H2,1-6H3. The van der Waals surface area contributed by atoms with Gasteiger partial charge < -0.3 is 24.3 Å². The number of hydrogen-bond donors (Lipinski definition) is 1. The Morgan fingerprint density at radius 3 is 2.56 bits per heavy atom. The Morgan fingerprint density at radius 2 is 1.88 bits per heavy atom. The summed E-state index contributed by atoms with van der Waals surface area (Å²) in [4.78, 5) is 20.3. The first-order chi connectivity index (χ1) is 16.3. The molecule has 0 bridgehead atoms. The van der Waals surface area contributed by atoms with Crippen LogP contribution in [0.15, 0.2) is 36.4 Å². The maximum atomic E-state index is 12.7. The molecular weight excluding hydrogens is 426 g/mol. The first kappa shape index (κ1) is 24.1. The number of carbonyl (C=O) groups excluding carboxylic acids is 1. The minimum atomic E-state index is 0.219. The van der Waals surface area contributed by atoms with Gasteiger partial charge in [0.15, 0.2) is 11.5 Å². The maximum absolute atomic E-state index is 12.7. The van der Waals surface area contributed by atoms with E-state index in [1.165, 1.54) is 16.5 Å². The number of amides is 1. The fourth-order valence-electron chi connectivity index (χ4n) is 5.15. The molecule has 3 aromatic rings. The molecule has 1 unspecified atom stereocenters. The molecule has 1 aliphatic rings. The van der Waals surface area contributed by atoms with Gasteiger partial charge in [0, 0.05) is 35.5 Å². The van der Waals surface area contributed by atoms with Crippen LogP contribution in [0, 0.1) is 0 Å². The summed E-state index contributed by atoms with van der Waals surface area (Å²) in [6.45, 7) is 6.60. The van der Waals surface area contributed by atoms with Crippen LogP contribution in [0.25, 0.3) is 22.2 Å². The van der Waals surface area contributed by atoms with Crippen molar-refractivity contribution >= 4 is 16.8 Å². The Balaban J connectivity index is 1.70. The van der Waals surface area contributed by atoms with Crippen molar-refractivity contribution in [3.05, 3.63) is 47.5 Å². The van der Waals surface area contributed by atoms with E-state index in [-0.39, 0.29) is 5.91 Å². The molecule has 2 heterocycles. The number of likely N-dealkylation sites (N-methyl/N-ethyl adjacent to an activating group) is 1. The Hall–Kier alpha value is -2.99. The molecular formula is C28H37N3O3. The number of benzene rings is 2. The van der Waals surface area contributed by atoms with Crippen LogP contribution in [0.2, 0.25) is 0 Å². The van der Waals surface area contributed by atoms with Gasteiger partial charge in [0.1, 0.15) is 0 Å². The van der Waals surface area contributed by atoms with Crippen LogP contribution in [0.4, 0.5) is 0 Å². The van der Waals surface area contributed by atoms with Crippen molar-refractivity contribution in [2.75, 3.05) is 47.9 Å². The van der Waals surface area contributed by atoms with Gasteiger partial charge in [0.2, 0.25) is 5.91 Å². The van der Waals surface area contributed by atoms with E-state index in [4.69, 9.17) is 9.47 Å². The van der Waals surface area contributed by atoms with Crippen molar-refractivity contribution in [1.29, 1.82) is 0 Å². The summed E-state index contributed by atoms with van der Waals surface area (Å²) in [5.74, 6) is 2.37. The lowest BCUT2D eigenvalue weighted by atomic mass is 9.88. The molecule has 1 amide bonds. The number of piperidine rings is 1. The van der Waals surface area contributed by atoms with Crippen molar-refractivity contribution < 1.29 is 14.3 Å². The van der Waals surface area contributed by atoms with E-state index in [2.05, 4.69) is 43.1 Å². The van der Waals surface area contributed by atoms with E-state index in [0.29, 0.717) is 18.4 Å². The number of likely N-dealkylation sites (tertiary alicyclic amines) is 1. The van der Waals surface area contributed by atoms with Crippen LogP contribution < -0.4 is 9.47 Å². The highest BCUT2D eigenvalue weighted by atomic mass is 16.5. The molecule has 0 radical (unpaired) electrons. The zero-order valence-electron chi connectivity index (χ0n) is 21.3. The summed E-state index contributed by atoms with van der Waals surface area (Å²) in [7, 11) is 7.21. The van der Waals surface area contributed by atoms with E-state index in [1.807, 2.05) is 36.0 Å². The lowest BCUT2D eigenvalue weighted by molar-refractivity contribution is -0.133.